The van der Waals surface area contributed by atoms with Crippen LogP contribution in [0.4, 0.5) is 5.69 Å². The van der Waals surface area contributed by atoms with E-state index in [-0.39, 0.29) is 12.5 Å². The average Bonchev–Trinajstić information content (AvgIpc) is 3.08. The summed E-state index contributed by atoms with van der Waals surface area (Å²) in [5, 5.41) is 6.77. The standard InChI is InChI=1S/C18H14N4O/c23-18(12-22-14-19-13-20-22)21-17-9-5-4-8-16(17)11-10-15-6-2-1-3-7-15/h1-9,13-14H,12H2,(H,21,23). The van der Waals surface area contributed by atoms with Gasteiger partial charge in [-0.1, -0.05) is 42.2 Å². The van der Waals surface area contributed by atoms with E-state index in [1.54, 1.807) is 0 Å². The molecule has 0 aliphatic carbocycles. The summed E-state index contributed by atoms with van der Waals surface area (Å²) >= 11 is 0. The molecule has 0 saturated heterocycles. The molecule has 112 valence electrons. The quantitative estimate of drug-likeness (QED) is 0.755. The van der Waals surface area contributed by atoms with Crippen LogP contribution in [0.5, 0.6) is 0 Å². The second-order valence-corrected chi connectivity index (χ2v) is 4.80. The number of carbonyl (C=O) groups is 1. The van der Waals surface area contributed by atoms with Crippen LogP contribution in [0.2, 0.25) is 0 Å². The number of benzene rings is 2. The van der Waals surface area contributed by atoms with E-state index in [1.165, 1.54) is 17.3 Å². The van der Waals surface area contributed by atoms with Gasteiger partial charge in [0.25, 0.3) is 0 Å². The minimum atomic E-state index is -0.176. The zero-order valence-electron chi connectivity index (χ0n) is 12.3. The summed E-state index contributed by atoms with van der Waals surface area (Å²) in [6.07, 6.45) is 2.90. The molecule has 0 fully saturated rings. The molecule has 23 heavy (non-hydrogen) atoms. The molecule has 1 N–H and O–H groups in total. The van der Waals surface area contributed by atoms with Crippen LogP contribution in [0.15, 0.2) is 67.3 Å². The summed E-state index contributed by atoms with van der Waals surface area (Å²) in [4.78, 5) is 15.9. The highest BCUT2D eigenvalue weighted by molar-refractivity contribution is 5.92. The van der Waals surface area contributed by atoms with Crippen molar-refractivity contribution in [2.24, 2.45) is 0 Å². The Hall–Kier alpha value is -3.39. The van der Waals surface area contributed by atoms with Crippen LogP contribution in [0, 0.1) is 11.8 Å². The number of nitrogens with one attached hydrogen (secondary N) is 1. The van der Waals surface area contributed by atoms with Gasteiger partial charge < -0.3 is 5.32 Å². The Morgan fingerprint density at radius 3 is 2.61 bits per heavy atom. The van der Waals surface area contributed by atoms with Crippen molar-refractivity contribution in [2.75, 3.05) is 5.32 Å². The maximum Gasteiger partial charge on any atom is 0.246 e. The van der Waals surface area contributed by atoms with Gasteiger partial charge in [0.05, 0.1) is 5.69 Å². The Kier molecular flexibility index (Phi) is 4.46. The van der Waals surface area contributed by atoms with Crippen LogP contribution < -0.4 is 5.32 Å². The van der Waals surface area contributed by atoms with Gasteiger partial charge in [0.1, 0.15) is 19.2 Å². The van der Waals surface area contributed by atoms with E-state index in [1.807, 2.05) is 54.6 Å². The van der Waals surface area contributed by atoms with Gasteiger partial charge in [-0.05, 0) is 24.3 Å². The van der Waals surface area contributed by atoms with Crippen LogP contribution in [0.25, 0.3) is 0 Å². The van der Waals surface area contributed by atoms with Gasteiger partial charge in [0, 0.05) is 11.1 Å². The predicted molar refractivity (Wildman–Crippen MR) is 87.5 cm³/mol. The number of anilines is 1. The third-order valence-corrected chi connectivity index (χ3v) is 3.09. The van der Waals surface area contributed by atoms with E-state index in [4.69, 9.17) is 0 Å². The minimum Gasteiger partial charge on any atom is -0.323 e. The Morgan fingerprint density at radius 1 is 1.04 bits per heavy atom. The molecule has 1 heterocycles. The molecule has 0 aliphatic heterocycles. The number of amides is 1. The van der Waals surface area contributed by atoms with Crippen molar-refractivity contribution in [3.05, 3.63) is 78.4 Å². The van der Waals surface area contributed by atoms with Gasteiger partial charge in [-0.2, -0.15) is 5.10 Å². The van der Waals surface area contributed by atoms with Gasteiger partial charge in [-0.25, -0.2) is 9.67 Å². The number of para-hydroxylation sites is 1. The van der Waals surface area contributed by atoms with Crippen LogP contribution in [0.3, 0.4) is 0 Å². The first kappa shape index (κ1) is 14.5. The van der Waals surface area contributed by atoms with Gasteiger partial charge in [0.2, 0.25) is 5.91 Å². The Balaban J connectivity index is 1.76. The molecular weight excluding hydrogens is 288 g/mol. The summed E-state index contributed by atoms with van der Waals surface area (Å²) in [5.74, 6) is 6.01. The molecule has 5 nitrogen and oxygen atoms in total. The number of rotatable bonds is 3. The van der Waals surface area contributed by atoms with E-state index in [0.717, 1.165) is 11.1 Å². The number of aromatic nitrogens is 3. The summed E-state index contributed by atoms with van der Waals surface area (Å²) in [6.45, 7) is 0.112. The first-order valence-electron chi connectivity index (χ1n) is 7.09. The zero-order valence-corrected chi connectivity index (χ0v) is 12.3. The van der Waals surface area contributed by atoms with Crippen LogP contribution in [-0.2, 0) is 11.3 Å². The Bertz CT molecular complexity index is 845. The molecule has 0 saturated carbocycles. The highest BCUT2D eigenvalue weighted by Crippen LogP contribution is 2.14. The fraction of sp³-hybridized carbons (Fsp3) is 0.0556. The molecule has 3 aromatic rings. The average molecular weight is 302 g/mol. The van der Waals surface area contributed by atoms with Gasteiger partial charge in [0.15, 0.2) is 0 Å². The molecular formula is C18H14N4O. The highest BCUT2D eigenvalue weighted by Gasteiger charge is 2.06. The number of carbonyl (C=O) groups excluding carboxylic acids is 1. The minimum absolute atomic E-state index is 0.112. The van der Waals surface area contributed by atoms with E-state index in [2.05, 4.69) is 27.2 Å². The molecule has 1 amide bonds. The second-order valence-electron chi connectivity index (χ2n) is 4.80. The van der Waals surface area contributed by atoms with Crippen molar-refractivity contribution in [1.82, 2.24) is 14.8 Å². The third-order valence-electron chi connectivity index (χ3n) is 3.09. The maximum absolute atomic E-state index is 12.1. The lowest BCUT2D eigenvalue weighted by Crippen LogP contribution is -2.19. The van der Waals surface area contributed by atoms with Gasteiger partial charge >= 0.3 is 0 Å². The highest BCUT2D eigenvalue weighted by atomic mass is 16.2. The van der Waals surface area contributed by atoms with Gasteiger partial charge in [-0.15, -0.1) is 0 Å². The molecule has 0 atom stereocenters. The zero-order chi connectivity index (χ0) is 15.9. The van der Waals surface area contributed by atoms with Crippen molar-refractivity contribution in [3.63, 3.8) is 0 Å². The predicted octanol–water partition coefficient (Wildman–Crippen LogP) is 2.32. The van der Waals surface area contributed by atoms with Crippen molar-refractivity contribution in [2.45, 2.75) is 6.54 Å². The number of hydrogen-bond donors (Lipinski definition) is 1. The number of hydrogen-bond acceptors (Lipinski definition) is 3. The van der Waals surface area contributed by atoms with Crippen LogP contribution in [-0.4, -0.2) is 20.7 Å². The molecule has 0 aliphatic rings. The molecule has 0 unspecified atom stereocenters. The van der Waals surface area contributed by atoms with Crippen molar-refractivity contribution in [1.29, 1.82) is 0 Å². The largest absolute Gasteiger partial charge is 0.323 e. The monoisotopic (exact) mass is 302 g/mol. The van der Waals surface area contributed by atoms with E-state index in [9.17, 15) is 4.79 Å². The molecule has 0 radical (unpaired) electrons. The first-order chi connectivity index (χ1) is 11.3. The van der Waals surface area contributed by atoms with E-state index in [0.29, 0.717) is 5.69 Å². The van der Waals surface area contributed by atoms with Crippen LogP contribution >= 0.6 is 0 Å². The Morgan fingerprint density at radius 2 is 1.83 bits per heavy atom. The second kappa shape index (κ2) is 7.05. The summed E-state index contributed by atoms with van der Waals surface area (Å²) in [5.41, 5.74) is 2.38. The van der Waals surface area contributed by atoms with Crippen molar-refractivity contribution >= 4 is 11.6 Å². The maximum atomic E-state index is 12.1. The summed E-state index contributed by atoms with van der Waals surface area (Å²) < 4.78 is 1.47. The van der Waals surface area contributed by atoms with E-state index >= 15 is 0 Å². The van der Waals surface area contributed by atoms with Crippen molar-refractivity contribution in [3.8, 4) is 11.8 Å². The fourth-order valence-corrected chi connectivity index (χ4v) is 2.01. The molecule has 0 bridgehead atoms. The van der Waals surface area contributed by atoms with Crippen molar-refractivity contribution < 1.29 is 4.79 Å². The first-order valence-corrected chi connectivity index (χ1v) is 7.09. The topological polar surface area (TPSA) is 59.8 Å². The van der Waals surface area contributed by atoms with E-state index < -0.39 is 0 Å². The molecule has 0 spiro atoms. The molecule has 1 aromatic heterocycles. The summed E-state index contributed by atoms with van der Waals surface area (Å²) in [7, 11) is 0. The number of nitrogens with zero attached hydrogens (tertiary/aromatic N) is 3. The fourth-order valence-electron chi connectivity index (χ4n) is 2.01. The van der Waals surface area contributed by atoms with Crippen LogP contribution in [0.1, 0.15) is 11.1 Å². The third kappa shape index (κ3) is 4.05. The normalized spacial score (nSPS) is 9.74. The lowest BCUT2D eigenvalue weighted by Gasteiger charge is -2.07. The molecule has 3 rings (SSSR count). The molecule has 5 heteroatoms. The van der Waals surface area contributed by atoms with Gasteiger partial charge in [-0.3, -0.25) is 4.79 Å². The molecule has 2 aromatic carbocycles. The Labute approximate surface area is 134 Å². The smallest absolute Gasteiger partial charge is 0.246 e. The lowest BCUT2D eigenvalue weighted by atomic mass is 10.1. The SMILES string of the molecule is O=C(Cn1cncn1)Nc1ccccc1C#Cc1ccccc1. The lowest BCUT2D eigenvalue weighted by molar-refractivity contribution is -0.116. The summed E-state index contributed by atoms with van der Waals surface area (Å²) in [6, 6.07) is 17.2.